The molecule has 4 nitrogen and oxygen atoms in total. The van der Waals surface area contributed by atoms with Crippen molar-refractivity contribution in [2.24, 2.45) is 0 Å². The van der Waals surface area contributed by atoms with Gasteiger partial charge in [0.15, 0.2) is 0 Å². The van der Waals surface area contributed by atoms with Gasteiger partial charge in [0.05, 0.1) is 18.8 Å². The number of carbonyl (C=O) groups is 1. The first kappa shape index (κ1) is 8.07. The standard InChI is InChI=1S/C7H10O4/c8-5-1-2-11-6(3-5)4-7(9)10/h4-5,8H,1-3H2,(H,9,10)/b6-4-. The summed E-state index contributed by atoms with van der Waals surface area (Å²) in [6.45, 7) is 0.403. The summed E-state index contributed by atoms with van der Waals surface area (Å²) in [4.78, 5) is 10.1. The molecule has 0 amide bonds. The van der Waals surface area contributed by atoms with Gasteiger partial charge in [-0.1, -0.05) is 0 Å². The maximum atomic E-state index is 10.1. The molecule has 0 spiro atoms. The van der Waals surface area contributed by atoms with Crippen molar-refractivity contribution in [3.8, 4) is 0 Å². The monoisotopic (exact) mass is 158 g/mol. The van der Waals surface area contributed by atoms with Crippen molar-refractivity contribution in [1.82, 2.24) is 0 Å². The molecule has 1 rings (SSSR count). The van der Waals surface area contributed by atoms with Crippen LogP contribution in [0, 0.1) is 0 Å². The zero-order valence-corrected chi connectivity index (χ0v) is 5.99. The topological polar surface area (TPSA) is 66.8 Å². The maximum Gasteiger partial charge on any atom is 0.331 e. The van der Waals surface area contributed by atoms with E-state index in [1.807, 2.05) is 0 Å². The average Bonchev–Trinajstić information content (AvgIpc) is 1.85. The third-order valence-corrected chi connectivity index (χ3v) is 1.46. The molecule has 0 aromatic heterocycles. The Morgan fingerprint density at radius 3 is 3.00 bits per heavy atom. The van der Waals surface area contributed by atoms with Crippen LogP contribution in [0.5, 0.6) is 0 Å². The zero-order chi connectivity index (χ0) is 8.27. The molecular weight excluding hydrogens is 148 g/mol. The molecule has 0 aromatic carbocycles. The largest absolute Gasteiger partial charge is 0.497 e. The van der Waals surface area contributed by atoms with E-state index in [0.29, 0.717) is 25.2 Å². The van der Waals surface area contributed by atoms with E-state index in [4.69, 9.17) is 14.9 Å². The number of carboxylic acids is 1. The molecule has 0 aliphatic carbocycles. The second-order valence-electron chi connectivity index (χ2n) is 2.44. The summed E-state index contributed by atoms with van der Waals surface area (Å²) in [7, 11) is 0. The fourth-order valence-electron chi connectivity index (χ4n) is 0.958. The van der Waals surface area contributed by atoms with Crippen LogP contribution in [0.1, 0.15) is 12.8 Å². The third-order valence-electron chi connectivity index (χ3n) is 1.46. The van der Waals surface area contributed by atoms with Crippen LogP contribution in [0.4, 0.5) is 0 Å². The Balaban J connectivity index is 2.52. The van der Waals surface area contributed by atoms with Crippen molar-refractivity contribution in [2.75, 3.05) is 6.61 Å². The van der Waals surface area contributed by atoms with Gasteiger partial charge in [-0.2, -0.15) is 0 Å². The van der Waals surface area contributed by atoms with Gasteiger partial charge in [-0.25, -0.2) is 4.79 Å². The van der Waals surface area contributed by atoms with Gasteiger partial charge in [0.2, 0.25) is 0 Å². The molecule has 1 heterocycles. The molecule has 1 aliphatic rings. The Morgan fingerprint density at radius 2 is 2.45 bits per heavy atom. The van der Waals surface area contributed by atoms with Gasteiger partial charge in [0, 0.05) is 12.8 Å². The molecule has 62 valence electrons. The van der Waals surface area contributed by atoms with E-state index in [1.165, 1.54) is 0 Å². The summed E-state index contributed by atoms with van der Waals surface area (Å²) in [5.74, 6) is -0.676. The molecule has 0 radical (unpaired) electrons. The highest BCUT2D eigenvalue weighted by atomic mass is 16.5. The molecule has 0 saturated carbocycles. The Kier molecular flexibility index (Phi) is 2.48. The first-order valence-electron chi connectivity index (χ1n) is 3.43. The molecule has 11 heavy (non-hydrogen) atoms. The van der Waals surface area contributed by atoms with Crippen molar-refractivity contribution in [2.45, 2.75) is 18.9 Å². The minimum absolute atomic E-state index is 0.312. The van der Waals surface area contributed by atoms with E-state index in [-0.39, 0.29) is 0 Å². The zero-order valence-electron chi connectivity index (χ0n) is 5.99. The number of hydrogen-bond donors (Lipinski definition) is 2. The van der Waals surface area contributed by atoms with Crippen LogP contribution in [0.3, 0.4) is 0 Å². The highest BCUT2D eigenvalue weighted by Gasteiger charge is 2.15. The molecule has 1 saturated heterocycles. The number of carboxylic acid groups (broad SMARTS) is 1. The lowest BCUT2D eigenvalue weighted by Crippen LogP contribution is -2.19. The smallest absolute Gasteiger partial charge is 0.331 e. The highest BCUT2D eigenvalue weighted by Crippen LogP contribution is 2.16. The van der Waals surface area contributed by atoms with E-state index in [2.05, 4.69) is 0 Å². The van der Waals surface area contributed by atoms with Crippen LogP contribution < -0.4 is 0 Å². The number of ether oxygens (including phenoxy) is 1. The van der Waals surface area contributed by atoms with Gasteiger partial charge in [-0.15, -0.1) is 0 Å². The molecule has 0 aromatic rings. The predicted octanol–water partition coefficient (Wildman–Crippen LogP) is 0.126. The maximum absolute atomic E-state index is 10.1. The normalized spacial score (nSPS) is 28.1. The van der Waals surface area contributed by atoms with Crippen LogP contribution in [0.25, 0.3) is 0 Å². The molecule has 4 heteroatoms. The number of aliphatic hydroxyl groups excluding tert-OH is 1. The summed E-state index contributed by atoms with van der Waals surface area (Å²) in [5.41, 5.74) is 0. The molecule has 1 aliphatic heterocycles. The summed E-state index contributed by atoms with van der Waals surface area (Å²) < 4.78 is 4.98. The SMILES string of the molecule is O=C(O)/C=C1/CC(O)CCO1. The predicted molar refractivity (Wildman–Crippen MR) is 36.9 cm³/mol. The Hall–Kier alpha value is -1.03. The third kappa shape index (κ3) is 2.59. The summed E-state index contributed by atoms with van der Waals surface area (Å²) in [6, 6.07) is 0. The van der Waals surface area contributed by atoms with Crippen molar-refractivity contribution in [3.63, 3.8) is 0 Å². The highest BCUT2D eigenvalue weighted by molar-refractivity contribution is 5.80. The van der Waals surface area contributed by atoms with Crippen molar-refractivity contribution < 1.29 is 19.7 Å². The molecule has 2 N–H and O–H groups in total. The van der Waals surface area contributed by atoms with Crippen LogP contribution in [0.2, 0.25) is 0 Å². The van der Waals surface area contributed by atoms with E-state index in [1.54, 1.807) is 0 Å². The van der Waals surface area contributed by atoms with Gasteiger partial charge in [0.1, 0.15) is 5.76 Å². The average molecular weight is 158 g/mol. The van der Waals surface area contributed by atoms with Crippen LogP contribution >= 0.6 is 0 Å². The number of aliphatic carboxylic acids is 1. The lowest BCUT2D eigenvalue weighted by Gasteiger charge is -2.20. The number of rotatable bonds is 1. The quantitative estimate of drug-likeness (QED) is 0.532. The van der Waals surface area contributed by atoms with Gasteiger partial charge in [-0.3, -0.25) is 0 Å². The Bertz CT molecular complexity index is 185. The van der Waals surface area contributed by atoms with Crippen LogP contribution in [0.15, 0.2) is 11.8 Å². The van der Waals surface area contributed by atoms with Gasteiger partial charge in [-0.05, 0) is 0 Å². The number of hydrogen-bond acceptors (Lipinski definition) is 3. The summed E-state index contributed by atoms with van der Waals surface area (Å²) >= 11 is 0. The second-order valence-corrected chi connectivity index (χ2v) is 2.44. The van der Waals surface area contributed by atoms with Crippen molar-refractivity contribution in [1.29, 1.82) is 0 Å². The second kappa shape index (κ2) is 3.39. The summed E-state index contributed by atoms with van der Waals surface area (Å²) in [5, 5.41) is 17.4. The van der Waals surface area contributed by atoms with E-state index in [0.717, 1.165) is 6.08 Å². The molecule has 0 bridgehead atoms. The van der Waals surface area contributed by atoms with E-state index >= 15 is 0 Å². The van der Waals surface area contributed by atoms with E-state index in [9.17, 15) is 4.79 Å². The fraction of sp³-hybridized carbons (Fsp3) is 0.571. The lowest BCUT2D eigenvalue weighted by atomic mass is 10.1. The van der Waals surface area contributed by atoms with Gasteiger partial charge >= 0.3 is 5.97 Å². The van der Waals surface area contributed by atoms with Crippen molar-refractivity contribution >= 4 is 5.97 Å². The Morgan fingerprint density at radius 1 is 1.73 bits per heavy atom. The molecule has 1 atom stereocenters. The number of aliphatic hydroxyl groups is 1. The lowest BCUT2D eigenvalue weighted by molar-refractivity contribution is -0.131. The summed E-state index contributed by atoms with van der Waals surface area (Å²) in [6.07, 6.45) is 1.43. The molecular formula is C7H10O4. The fourth-order valence-corrected chi connectivity index (χ4v) is 0.958. The van der Waals surface area contributed by atoms with Gasteiger partial charge in [0.25, 0.3) is 0 Å². The molecule has 1 unspecified atom stereocenters. The first-order valence-corrected chi connectivity index (χ1v) is 3.43. The first-order chi connectivity index (χ1) is 5.18. The Labute approximate surface area is 64.1 Å². The van der Waals surface area contributed by atoms with Gasteiger partial charge < -0.3 is 14.9 Å². The van der Waals surface area contributed by atoms with Crippen LogP contribution in [-0.4, -0.2) is 28.9 Å². The van der Waals surface area contributed by atoms with Crippen molar-refractivity contribution in [3.05, 3.63) is 11.8 Å². The van der Waals surface area contributed by atoms with Crippen LogP contribution in [-0.2, 0) is 9.53 Å². The minimum Gasteiger partial charge on any atom is -0.497 e. The van der Waals surface area contributed by atoms with E-state index < -0.39 is 12.1 Å². The minimum atomic E-state index is -1.03. The molecule has 1 fully saturated rings.